The normalized spacial score (nSPS) is 21.4. The quantitative estimate of drug-likeness (QED) is 0.377. The molecule has 0 saturated carbocycles. The highest BCUT2D eigenvalue weighted by Gasteiger charge is 2.43. The van der Waals surface area contributed by atoms with Crippen LogP contribution < -0.4 is 21.1 Å². The summed E-state index contributed by atoms with van der Waals surface area (Å²) in [6.45, 7) is 7.12. The van der Waals surface area contributed by atoms with Gasteiger partial charge in [0, 0.05) is 30.7 Å². The number of nitrogens with zero attached hydrogens (tertiary/aromatic N) is 7. The van der Waals surface area contributed by atoms with Crippen molar-refractivity contribution < 1.29 is 14.2 Å². The van der Waals surface area contributed by atoms with Crippen LogP contribution in [0.3, 0.4) is 0 Å². The highest BCUT2D eigenvalue weighted by Crippen LogP contribution is 2.39. The molecule has 39 heavy (non-hydrogen) atoms. The van der Waals surface area contributed by atoms with E-state index >= 15 is 4.39 Å². The SMILES string of the molecule is C[C@H](O)COc1cc(F)c(Nc2ncc(Cl)c(N[C@@H]3C[C@@H]4CCCN4C(C)(C)C3)n2)cc1-n1nnc(=O)n1C. The van der Waals surface area contributed by atoms with E-state index in [1.165, 1.54) is 36.9 Å². The van der Waals surface area contributed by atoms with Gasteiger partial charge < -0.3 is 20.5 Å². The fraction of sp³-hybridized carbons (Fsp3) is 0.560. The average Bonchev–Trinajstić information content (AvgIpc) is 3.48. The van der Waals surface area contributed by atoms with Gasteiger partial charge in [-0.15, -0.1) is 4.80 Å². The Morgan fingerprint density at radius 2 is 2.15 bits per heavy atom. The molecule has 1 aromatic carbocycles. The molecule has 0 radical (unpaired) electrons. The zero-order valence-corrected chi connectivity index (χ0v) is 23.1. The molecule has 210 valence electrons. The number of ether oxygens (including phenoxy) is 1. The highest BCUT2D eigenvalue weighted by atomic mass is 35.5. The summed E-state index contributed by atoms with van der Waals surface area (Å²) >= 11 is 6.45. The van der Waals surface area contributed by atoms with Crippen LogP contribution in [0.1, 0.15) is 46.5 Å². The first-order valence-corrected chi connectivity index (χ1v) is 13.4. The summed E-state index contributed by atoms with van der Waals surface area (Å²) in [6.07, 6.45) is 5.00. The number of piperidine rings is 1. The van der Waals surface area contributed by atoms with Crippen LogP contribution in [0.5, 0.6) is 5.75 Å². The molecule has 0 unspecified atom stereocenters. The Kier molecular flexibility index (Phi) is 7.49. The maximum absolute atomic E-state index is 15.2. The summed E-state index contributed by atoms with van der Waals surface area (Å²) in [5.74, 6) is 0.0135. The Labute approximate surface area is 230 Å². The van der Waals surface area contributed by atoms with Gasteiger partial charge in [0.1, 0.15) is 23.1 Å². The molecule has 2 fully saturated rings. The summed E-state index contributed by atoms with van der Waals surface area (Å²) in [4.78, 5) is 24.5. The number of aliphatic hydroxyl groups is 1. The first-order valence-electron chi connectivity index (χ1n) is 13.0. The lowest BCUT2D eigenvalue weighted by Gasteiger charge is -2.47. The Morgan fingerprint density at radius 1 is 1.36 bits per heavy atom. The minimum atomic E-state index is -0.793. The van der Waals surface area contributed by atoms with Crippen LogP contribution in [-0.4, -0.2) is 76.6 Å². The molecule has 3 N–H and O–H groups in total. The van der Waals surface area contributed by atoms with E-state index in [0.717, 1.165) is 30.1 Å². The van der Waals surface area contributed by atoms with Crippen LogP contribution in [0.15, 0.2) is 23.1 Å². The smallest absolute Gasteiger partial charge is 0.383 e. The van der Waals surface area contributed by atoms with E-state index in [1.54, 1.807) is 6.92 Å². The first kappa shape index (κ1) is 27.3. The molecule has 14 heteroatoms. The van der Waals surface area contributed by atoms with Gasteiger partial charge >= 0.3 is 5.69 Å². The van der Waals surface area contributed by atoms with Gasteiger partial charge in [-0.2, -0.15) is 4.98 Å². The van der Waals surface area contributed by atoms with Gasteiger partial charge in [0.2, 0.25) is 5.95 Å². The maximum atomic E-state index is 15.2. The van der Waals surface area contributed by atoms with E-state index < -0.39 is 17.6 Å². The second kappa shape index (κ2) is 10.7. The van der Waals surface area contributed by atoms with E-state index in [4.69, 9.17) is 16.3 Å². The van der Waals surface area contributed by atoms with E-state index in [0.29, 0.717) is 16.9 Å². The number of hydrogen-bond donors (Lipinski definition) is 3. The monoisotopic (exact) mass is 561 g/mol. The van der Waals surface area contributed by atoms with Crippen LogP contribution in [0.2, 0.25) is 5.02 Å². The summed E-state index contributed by atoms with van der Waals surface area (Å²) in [5.41, 5.74) is -0.282. The molecule has 2 saturated heterocycles. The lowest BCUT2D eigenvalue weighted by Crippen LogP contribution is -2.55. The van der Waals surface area contributed by atoms with Crippen molar-refractivity contribution >= 4 is 29.1 Å². The molecule has 12 nitrogen and oxygen atoms in total. The Hall–Kier alpha value is -3.29. The third kappa shape index (κ3) is 5.70. The number of halogens is 2. The Morgan fingerprint density at radius 3 is 2.87 bits per heavy atom. The molecule has 0 amide bonds. The molecule has 0 bridgehead atoms. The second-order valence-corrected chi connectivity index (χ2v) is 11.3. The van der Waals surface area contributed by atoms with Crippen molar-refractivity contribution in [3.05, 3.63) is 39.7 Å². The van der Waals surface area contributed by atoms with Crippen LogP contribution >= 0.6 is 11.6 Å². The molecule has 0 aliphatic carbocycles. The van der Waals surface area contributed by atoms with Gasteiger partial charge in [0.15, 0.2) is 11.6 Å². The fourth-order valence-electron chi connectivity index (χ4n) is 5.58. The van der Waals surface area contributed by atoms with Crippen LogP contribution in [0.25, 0.3) is 5.69 Å². The second-order valence-electron chi connectivity index (χ2n) is 10.8. The zero-order valence-electron chi connectivity index (χ0n) is 22.4. The van der Waals surface area contributed by atoms with Crippen molar-refractivity contribution in [2.45, 2.75) is 70.2 Å². The Bertz CT molecular complexity index is 1410. The largest absolute Gasteiger partial charge is 0.488 e. The van der Waals surface area contributed by atoms with Gasteiger partial charge in [-0.05, 0) is 64.3 Å². The molecule has 0 spiro atoms. The number of fused-ring (bicyclic) bond motifs is 1. The van der Waals surface area contributed by atoms with Gasteiger partial charge in [0.05, 0.1) is 18.0 Å². The van der Waals surface area contributed by atoms with Crippen molar-refractivity contribution in [3.8, 4) is 11.4 Å². The number of aliphatic hydroxyl groups excluding tert-OH is 1. The number of nitrogens with one attached hydrogen (secondary N) is 2. The summed E-state index contributed by atoms with van der Waals surface area (Å²) < 4.78 is 21.9. The summed E-state index contributed by atoms with van der Waals surface area (Å²) in [5, 5.41) is 23.8. The number of rotatable bonds is 8. The lowest BCUT2D eigenvalue weighted by atomic mass is 9.84. The van der Waals surface area contributed by atoms with Crippen molar-refractivity contribution in [1.82, 2.24) is 34.7 Å². The molecule has 2 aromatic heterocycles. The summed E-state index contributed by atoms with van der Waals surface area (Å²) in [6, 6.07) is 3.25. The van der Waals surface area contributed by atoms with Crippen LogP contribution in [0.4, 0.5) is 21.8 Å². The van der Waals surface area contributed by atoms with Crippen molar-refractivity contribution in [3.63, 3.8) is 0 Å². The first-order chi connectivity index (χ1) is 18.5. The zero-order chi connectivity index (χ0) is 27.9. The Balaban J connectivity index is 1.41. The minimum Gasteiger partial charge on any atom is -0.488 e. The van der Waals surface area contributed by atoms with Gasteiger partial charge in [-0.3, -0.25) is 4.90 Å². The lowest BCUT2D eigenvalue weighted by molar-refractivity contribution is 0.0501. The number of anilines is 3. The van der Waals surface area contributed by atoms with Crippen LogP contribution in [0, 0.1) is 5.82 Å². The van der Waals surface area contributed by atoms with E-state index in [9.17, 15) is 9.90 Å². The molecule has 2 aliphatic heterocycles. The molecule has 2 aliphatic rings. The third-order valence-corrected chi connectivity index (χ3v) is 7.59. The van der Waals surface area contributed by atoms with E-state index in [2.05, 4.69) is 49.7 Å². The molecule has 4 heterocycles. The third-order valence-electron chi connectivity index (χ3n) is 7.31. The number of tetrazole rings is 1. The molecule has 3 atom stereocenters. The van der Waals surface area contributed by atoms with Crippen molar-refractivity contribution in [2.75, 3.05) is 23.8 Å². The van der Waals surface area contributed by atoms with E-state index in [1.807, 2.05) is 0 Å². The van der Waals surface area contributed by atoms with Crippen molar-refractivity contribution in [2.24, 2.45) is 7.05 Å². The highest BCUT2D eigenvalue weighted by molar-refractivity contribution is 6.32. The minimum absolute atomic E-state index is 0.0195. The topological polar surface area (TPSA) is 135 Å². The number of aromatic nitrogens is 6. The van der Waals surface area contributed by atoms with Gasteiger partial charge in [-0.25, -0.2) is 18.9 Å². The number of benzene rings is 1. The van der Waals surface area contributed by atoms with Crippen LogP contribution in [-0.2, 0) is 7.05 Å². The molecule has 3 aromatic rings. The van der Waals surface area contributed by atoms with Gasteiger partial charge in [-0.1, -0.05) is 16.7 Å². The maximum Gasteiger partial charge on any atom is 0.383 e. The molecular weight excluding hydrogens is 529 g/mol. The summed E-state index contributed by atoms with van der Waals surface area (Å²) in [7, 11) is 1.47. The standard InChI is InChI=1S/C25H33ClFN9O3/c1-14(37)13-39-21-9-18(27)19(10-20(21)36-33-32-24(38)34(36)4)30-23-28-12-17(26)22(31-23)29-15-8-16-6-5-7-35(16)25(2,3)11-15/h9-10,12,14-16,37H,5-8,11,13H2,1-4H3,(H2,28,29,30,31)/t14-,15+,16-/m0/s1. The molecule has 5 rings (SSSR count). The van der Waals surface area contributed by atoms with Gasteiger partial charge in [0.25, 0.3) is 0 Å². The average molecular weight is 562 g/mol. The fourth-order valence-corrected chi connectivity index (χ4v) is 5.73. The predicted octanol–water partition coefficient (Wildman–Crippen LogP) is 2.87. The predicted molar refractivity (Wildman–Crippen MR) is 145 cm³/mol. The van der Waals surface area contributed by atoms with Crippen molar-refractivity contribution in [1.29, 1.82) is 0 Å². The van der Waals surface area contributed by atoms with E-state index in [-0.39, 0.29) is 41.3 Å². The molecular formula is C25H33ClFN9O3. The number of hydrogen-bond acceptors (Lipinski definition) is 10.